The largest absolute Gasteiger partial charge is 0.506 e. The Morgan fingerprint density at radius 1 is 1.10 bits per heavy atom. The van der Waals surface area contributed by atoms with Crippen LogP contribution in [0.25, 0.3) is 6.08 Å². The third-order valence-corrected chi connectivity index (χ3v) is 5.19. The highest BCUT2D eigenvalue weighted by molar-refractivity contribution is 8.18. The Labute approximate surface area is 178 Å². The summed E-state index contributed by atoms with van der Waals surface area (Å²) < 4.78 is 10.6. The minimum atomic E-state index is -0.611. The molecule has 2 aromatic carbocycles. The summed E-state index contributed by atoms with van der Waals surface area (Å²) in [6, 6.07) is 14.4. The quantitative estimate of drug-likeness (QED) is 0.576. The lowest BCUT2D eigenvalue weighted by Gasteiger charge is -2.03. The zero-order chi connectivity index (χ0) is 20.8. The third kappa shape index (κ3) is 5.22. The van der Waals surface area contributed by atoms with Gasteiger partial charge in [0.05, 0.1) is 23.8 Å². The second-order valence-electron chi connectivity index (χ2n) is 5.95. The number of carbonyl (C=O) groups excluding carboxylic acids is 1. The van der Waals surface area contributed by atoms with Gasteiger partial charge in [0.1, 0.15) is 22.1 Å². The minimum absolute atomic E-state index is 0.0592. The molecule has 2 aromatic rings. The SMILES string of the molecule is CCOC(=O)C1=C(O)/C(=C/c2ccc(OCC)cc2)SC1=Nc1ccc(Cl)cc1. The van der Waals surface area contributed by atoms with Crippen LogP contribution in [0.5, 0.6) is 5.75 Å². The summed E-state index contributed by atoms with van der Waals surface area (Å²) in [6.07, 6.45) is 1.79. The lowest BCUT2D eigenvalue weighted by Crippen LogP contribution is -2.12. The van der Waals surface area contributed by atoms with Crippen LogP contribution in [0.4, 0.5) is 5.69 Å². The lowest BCUT2D eigenvalue weighted by atomic mass is 10.1. The predicted molar refractivity (Wildman–Crippen MR) is 118 cm³/mol. The Bertz CT molecular complexity index is 979. The number of halogens is 1. The number of benzene rings is 2. The maximum atomic E-state index is 12.4. The van der Waals surface area contributed by atoms with E-state index in [1.54, 1.807) is 37.3 Å². The molecule has 0 bridgehead atoms. The summed E-state index contributed by atoms with van der Waals surface area (Å²) in [4.78, 5) is 17.5. The molecule has 0 amide bonds. The normalized spacial score (nSPS) is 16.5. The van der Waals surface area contributed by atoms with E-state index in [-0.39, 0.29) is 17.9 Å². The summed E-state index contributed by atoms with van der Waals surface area (Å²) in [5.41, 5.74) is 1.54. The first-order valence-corrected chi connectivity index (χ1v) is 10.3. The predicted octanol–water partition coefficient (Wildman–Crippen LogP) is 5.93. The van der Waals surface area contributed by atoms with Crippen LogP contribution in [0.2, 0.25) is 5.02 Å². The molecule has 3 rings (SSSR count). The fourth-order valence-corrected chi connectivity index (χ4v) is 3.76. The van der Waals surface area contributed by atoms with E-state index in [4.69, 9.17) is 21.1 Å². The van der Waals surface area contributed by atoms with Crippen molar-refractivity contribution in [3.63, 3.8) is 0 Å². The van der Waals surface area contributed by atoms with Crippen molar-refractivity contribution in [2.45, 2.75) is 13.8 Å². The van der Waals surface area contributed by atoms with Gasteiger partial charge in [-0.2, -0.15) is 0 Å². The van der Waals surface area contributed by atoms with Crippen molar-refractivity contribution in [1.29, 1.82) is 0 Å². The van der Waals surface area contributed by atoms with Crippen molar-refractivity contribution >= 4 is 46.1 Å². The van der Waals surface area contributed by atoms with Gasteiger partial charge in [0.25, 0.3) is 0 Å². The molecule has 5 nitrogen and oxygen atoms in total. The average molecular weight is 430 g/mol. The summed E-state index contributed by atoms with van der Waals surface area (Å²) in [7, 11) is 0. The highest BCUT2D eigenvalue weighted by Gasteiger charge is 2.33. The van der Waals surface area contributed by atoms with Crippen LogP contribution in [0.3, 0.4) is 0 Å². The molecule has 29 heavy (non-hydrogen) atoms. The number of esters is 1. The van der Waals surface area contributed by atoms with Crippen LogP contribution in [0.1, 0.15) is 19.4 Å². The van der Waals surface area contributed by atoms with Crippen molar-refractivity contribution in [3.8, 4) is 5.75 Å². The number of rotatable bonds is 6. The number of aliphatic imine (C=N–C) groups is 1. The van der Waals surface area contributed by atoms with E-state index in [1.807, 2.05) is 31.2 Å². The Hall–Kier alpha value is -2.70. The first-order valence-electron chi connectivity index (χ1n) is 9.09. The molecule has 0 aliphatic carbocycles. The smallest absolute Gasteiger partial charge is 0.344 e. The molecule has 0 unspecified atom stereocenters. The summed E-state index contributed by atoms with van der Waals surface area (Å²) in [5.74, 6) is 0.0149. The molecule has 0 spiro atoms. The van der Waals surface area contributed by atoms with Gasteiger partial charge in [-0.05, 0) is 61.9 Å². The van der Waals surface area contributed by atoms with Gasteiger partial charge in [-0.15, -0.1) is 0 Å². The van der Waals surface area contributed by atoms with Gasteiger partial charge in [0.15, 0.2) is 0 Å². The molecule has 1 N–H and O–H groups in total. The monoisotopic (exact) mass is 429 g/mol. The number of ether oxygens (including phenoxy) is 2. The fraction of sp³-hybridized carbons (Fsp3) is 0.182. The Kier molecular flexibility index (Phi) is 7.01. The molecular formula is C22H20ClNO4S. The molecule has 0 fully saturated rings. The molecule has 0 aromatic heterocycles. The van der Waals surface area contributed by atoms with Gasteiger partial charge in [0, 0.05) is 5.02 Å². The van der Waals surface area contributed by atoms with E-state index >= 15 is 0 Å². The topological polar surface area (TPSA) is 68.1 Å². The number of nitrogens with zero attached hydrogens (tertiary/aromatic N) is 1. The Morgan fingerprint density at radius 2 is 1.79 bits per heavy atom. The molecule has 0 radical (unpaired) electrons. The van der Waals surface area contributed by atoms with E-state index in [1.165, 1.54) is 11.8 Å². The number of hydrogen-bond donors (Lipinski definition) is 1. The van der Waals surface area contributed by atoms with Crippen LogP contribution in [-0.2, 0) is 9.53 Å². The zero-order valence-corrected chi connectivity index (χ0v) is 17.6. The van der Waals surface area contributed by atoms with Gasteiger partial charge in [-0.3, -0.25) is 0 Å². The van der Waals surface area contributed by atoms with Crippen molar-refractivity contribution in [2.24, 2.45) is 4.99 Å². The van der Waals surface area contributed by atoms with Crippen LogP contribution in [-0.4, -0.2) is 29.3 Å². The standard InChI is InChI=1S/C22H20ClNO4S/c1-3-27-17-11-5-14(6-12-17)13-18-20(25)19(22(26)28-4-2)21(29-18)24-16-9-7-15(23)8-10-16/h5-13,25H,3-4H2,1-2H3/b18-13-,24-21?. The minimum Gasteiger partial charge on any atom is -0.506 e. The van der Waals surface area contributed by atoms with E-state index < -0.39 is 5.97 Å². The van der Waals surface area contributed by atoms with Crippen molar-refractivity contribution in [1.82, 2.24) is 0 Å². The van der Waals surface area contributed by atoms with E-state index in [0.29, 0.717) is 27.3 Å². The highest BCUT2D eigenvalue weighted by atomic mass is 35.5. The van der Waals surface area contributed by atoms with Crippen LogP contribution < -0.4 is 4.74 Å². The van der Waals surface area contributed by atoms with Gasteiger partial charge in [-0.25, -0.2) is 9.79 Å². The molecule has 1 aliphatic heterocycles. The Balaban J connectivity index is 1.96. The molecule has 1 aliphatic rings. The second-order valence-corrected chi connectivity index (χ2v) is 7.42. The molecule has 1 heterocycles. The van der Waals surface area contributed by atoms with Gasteiger partial charge >= 0.3 is 5.97 Å². The highest BCUT2D eigenvalue weighted by Crippen LogP contribution is 2.40. The molecule has 150 valence electrons. The van der Waals surface area contributed by atoms with Crippen molar-refractivity contribution < 1.29 is 19.4 Å². The molecular weight excluding hydrogens is 410 g/mol. The summed E-state index contributed by atoms with van der Waals surface area (Å²) in [5, 5.41) is 11.7. The van der Waals surface area contributed by atoms with E-state index in [0.717, 1.165) is 11.3 Å². The molecule has 0 atom stereocenters. The van der Waals surface area contributed by atoms with E-state index in [2.05, 4.69) is 4.99 Å². The second kappa shape index (κ2) is 9.67. The summed E-state index contributed by atoms with van der Waals surface area (Å²) in [6.45, 7) is 4.43. The average Bonchev–Trinajstić information content (AvgIpc) is 3.00. The summed E-state index contributed by atoms with van der Waals surface area (Å²) >= 11 is 7.13. The first kappa shape index (κ1) is 21.0. The van der Waals surface area contributed by atoms with E-state index in [9.17, 15) is 9.90 Å². The number of carbonyl (C=O) groups is 1. The van der Waals surface area contributed by atoms with Crippen molar-refractivity contribution in [3.05, 3.63) is 75.4 Å². The van der Waals surface area contributed by atoms with Gasteiger partial charge in [0.2, 0.25) is 0 Å². The van der Waals surface area contributed by atoms with Crippen LogP contribution in [0.15, 0.2) is 69.8 Å². The first-order chi connectivity index (χ1) is 14.0. The fourth-order valence-electron chi connectivity index (χ4n) is 2.60. The van der Waals surface area contributed by atoms with Crippen molar-refractivity contribution in [2.75, 3.05) is 13.2 Å². The van der Waals surface area contributed by atoms with Crippen LogP contribution >= 0.6 is 23.4 Å². The lowest BCUT2D eigenvalue weighted by molar-refractivity contribution is -0.138. The molecule has 7 heteroatoms. The maximum absolute atomic E-state index is 12.4. The number of aliphatic hydroxyl groups is 1. The Morgan fingerprint density at radius 3 is 2.41 bits per heavy atom. The zero-order valence-electron chi connectivity index (χ0n) is 16.0. The number of thioether (sulfide) groups is 1. The van der Waals surface area contributed by atoms with Gasteiger partial charge in [-0.1, -0.05) is 35.5 Å². The van der Waals surface area contributed by atoms with Gasteiger partial charge < -0.3 is 14.6 Å². The number of aliphatic hydroxyl groups excluding tert-OH is 1. The van der Waals surface area contributed by atoms with Crippen LogP contribution in [0, 0.1) is 0 Å². The third-order valence-electron chi connectivity index (χ3n) is 3.92. The molecule has 0 saturated heterocycles. The molecule has 0 saturated carbocycles. The maximum Gasteiger partial charge on any atom is 0.344 e. The number of hydrogen-bond acceptors (Lipinski definition) is 6.